The van der Waals surface area contributed by atoms with Crippen molar-refractivity contribution in [2.45, 2.75) is 50.5 Å². The van der Waals surface area contributed by atoms with Crippen LogP contribution in [0.4, 0.5) is 0 Å². The van der Waals surface area contributed by atoms with Crippen molar-refractivity contribution in [3.8, 4) is 5.75 Å². The second kappa shape index (κ2) is 5.64. The molecular formula is C19H27NO. The lowest BCUT2D eigenvalue weighted by Gasteiger charge is -2.38. The summed E-state index contributed by atoms with van der Waals surface area (Å²) < 4.78 is 5.49. The van der Waals surface area contributed by atoms with Gasteiger partial charge < -0.3 is 10.1 Å². The second-order valence-corrected chi connectivity index (χ2v) is 7.35. The second-order valence-electron chi connectivity index (χ2n) is 7.35. The number of rotatable bonds is 7. The van der Waals surface area contributed by atoms with E-state index in [2.05, 4.69) is 29.6 Å². The maximum atomic E-state index is 5.49. The molecule has 0 unspecified atom stereocenters. The van der Waals surface area contributed by atoms with E-state index in [1.54, 1.807) is 7.11 Å². The molecule has 21 heavy (non-hydrogen) atoms. The molecule has 1 N–H and O–H groups in total. The Bertz CT molecular complexity index is 474. The highest BCUT2D eigenvalue weighted by atomic mass is 16.5. The lowest BCUT2D eigenvalue weighted by atomic mass is 9.75. The smallest absolute Gasteiger partial charge is 0.122 e. The van der Waals surface area contributed by atoms with Crippen LogP contribution in [0, 0.1) is 17.8 Å². The number of para-hydroxylation sites is 1. The molecule has 3 aliphatic rings. The van der Waals surface area contributed by atoms with Crippen LogP contribution in [0.5, 0.6) is 5.75 Å². The first kappa shape index (κ1) is 13.6. The lowest BCUT2D eigenvalue weighted by molar-refractivity contribution is 0.255. The van der Waals surface area contributed by atoms with Crippen molar-refractivity contribution in [1.29, 1.82) is 0 Å². The number of hydrogen-bond acceptors (Lipinski definition) is 2. The summed E-state index contributed by atoms with van der Waals surface area (Å²) in [5, 5.41) is 3.86. The Morgan fingerprint density at radius 1 is 1.10 bits per heavy atom. The highest BCUT2D eigenvalue weighted by Gasteiger charge is 2.42. The van der Waals surface area contributed by atoms with Crippen LogP contribution >= 0.6 is 0 Å². The Labute approximate surface area is 128 Å². The van der Waals surface area contributed by atoms with E-state index in [1.165, 1.54) is 50.6 Å². The first-order chi connectivity index (χ1) is 10.3. The molecule has 1 aromatic carbocycles. The van der Waals surface area contributed by atoms with Gasteiger partial charge in [0.25, 0.3) is 0 Å². The van der Waals surface area contributed by atoms with Gasteiger partial charge in [-0.05, 0) is 80.4 Å². The summed E-state index contributed by atoms with van der Waals surface area (Å²) in [7, 11) is 1.78. The summed E-state index contributed by atoms with van der Waals surface area (Å²) in [4.78, 5) is 0. The Kier molecular flexibility index (Phi) is 3.66. The van der Waals surface area contributed by atoms with E-state index in [0.717, 1.165) is 29.5 Å². The number of nitrogens with one attached hydrogen (secondary N) is 1. The highest BCUT2D eigenvalue weighted by molar-refractivity contribution is 5.37. The molecule has 1 aromatic rings. The third-order valence-corrected chi connectivity index (χ3v) is 5.81. The molecule has 0 aliphatic heterocycles. The number of hydrogen-bond donors (Lipinski definition) is 1. The zero-order chi connectivity index (χ0) is 14.2. The molecule has 0 spiro atoms. The van der Waals surface area contributed by atoms with Crippen LogP contribution in [0.15, 0.2) is 24.3 Å². The molecule has 3 fully saturated rings. The van der Waals surface area contributed by atoms with E-state index in [9.17, 15) is 0 Å². The van der Waals surface area contributed by atoms with Crippen LogP contribution in [0.1, 0.15) is 50.0 Å². The van der Waals surface area contributed by atoms with Crippen molar-refractivity contribution in [3.63, 3.8) is 0 Å². The Hall–Kier alpha value is -1.02. The van der Waals surface area contributed by atoms with Crippen molar-refractivity contribution in [1.82, 2.24) is 5.32 Å². The van der Waals surface area contributed by atoms with Crippen molar-refractivity contribution >= 4 is 0 Å². The van der Waals surface area contributed by atoms with Gasteiger partial charge in [0.2, 0.25) is 0 Å². The van der Waals surface area contributed by atoms with Gasteiger partial charge in [0.05, 0.1) is 7.11 Å². The van der Waals surface area contributed by atoms with Crippen molar-refractivity contribution < 1.29 is 4.74 Å². The molecule has 0 heterocycles. The van der Waals surface area contributed by atoms with Crippen molar-refractivity contribution in [2.24, 2.45) is 17.8 Å². The first-order valence-electron chi connectivity index (χ1n) is 8.71. The fourth-order valence-corrected chi connectivity index (χ4v) is 4.11. The number of benzene rings is 1. The SMILES string of the molecule is COc1ccccc1C1CC(NCC(C2CC2)C2CC2)C1. The van der Waals surface area contributed by atoms with Crippen molar-refractivity contribution in [3.05, 3.63) is 29.8 Å². The maximum Gasteiger partial charge on any atom is 0.122 e. The van der Waals surface area contributed by atoms with Crippen LogP contribution < -0.4 is 10.1 Å². The summed E-state index contributed by atoms with van der Waals surface area (Å²) in [5.41, 5.74) is 1.40. The normalized spacial score (nSPS) is 28.5. The monoisotopic (exact) mass is 285 g/mol. The number of methoxy groups -OCH3 is 1. The molecule has 0 atom stereocenters. The molecule has 3 saturated carbocycles. The van der Waals surface area contributed by atoms with Gasteiger partial charge in [-0.25, -0.2) is 0 Å². The standard InChI is InChI=1S/C19H27NO/c1-21-19-5-3-2-4-17(19)15-10-16(11-15)20-12-18(13-6-7-13)14-8-9-14/h2-5,13-16,18,20H,6-12H2,1H3. The quantitative estimate of drug-likeness (QED) is 0.818. The van der Waals surface area contributed by atoms with Crippen LogP contribution in [0.2, 0.25) is 0 Å². The Morgan fingerprint density at radius 3 is 2.38 bits per heavy atom. The fraction of sp³-hybridized carbons (Fsp3) is 0.684. The van der Waals surface area contributed by atoms with Crippen LogP contribution in [0.3, 0.4) is 0 Å². The molecule has 2 nitrogen and oxygen atoms in total. The van der Waals surface area contributed by atoms with E-state index in [4.69, 9.17) is 4.74 Å². The Morgan fingerprint density at radius 2 is 1.76 bits per heavy atom. The highest BCUT2D eigenvalue weighted by Crippen LogP contribution is 2.49. The van der Waals surface area contributed by atoms with Gasteiger partial charge >= 0.3 is 0 Å². The van der Waals surface area contributed by atoms with Gasteiger partial charge in [-0.2, -0.15) is 0 Å². The topological polar surface area (TPSA) is 21.3 Å². The first-order valence-corrected chi connectivity index (χ1v) is 8.71. The van der Waals surface area contributed by atoms with E-state index in [0.29, 0.717) is 5.92 Å². The van der Waals surface area contributed by atoms with Gasteiger partial charge in [-0.3, -0.25) is 0 Å². The summed E-state index contributed by atoms with van der Waals surface area (Å²) in [6.45, 7) is 1.28. The third kappa shape index (κ3) is 2.96. The summed E-state index contributed by atoms with van der Waals surface area (Å²) in [5.74, 6) is 4.88. The lowest BCUT2D eigenvalue weighted by Crippen LogP contribution is -2.42. The fourth-order valence-electron chi connectivity index (χ4n) is 4.11. The molecular weight excluding hydrogens is 258 g/mol. The molecule has 114 valence electrons. The van der Waals surface area contributed by atoms with Crippen molar-refractivity contribution in [2.75, 3.05) is 13.7 Å². The van der Waals surface area contributed by atoms with Gasteiger partial charge in [0.15, 0.2) is 0 Å². The zero-order valence-electron chi connectivity index (χ0n) is 13.1. The van der Waals surface area contributed by atoms with E-state index < -0.39 is 0 Å². The largest absolute Gasteiger partial charge is 0.496 e. The molecule has 3 aliphatic carbocycles. The van der Waals surface area contributed by atoms with Gasteiger partial charge in [-0.1, -0.05) is 18.2 Å². The third-order valence-electron chi connectivity index (χ3n) is 5.81. The van der Waals surface area contributed by atoms with E-state index in [-0.39, 0.29) is 0 Å². The molecule has 0 saturated heterocycles. The molecule has 0 bridgehead atoms. The molecule has 2 heteroatoms. The molecule has 4 rings (SSSR count). The summed E-state index contributed by atoms with van der Waals surface area (Å²) >= 11 is 0. The van der Waals surface area contributed by atoms with Crippen LogP contribution in [-0.2, 0) is 0 Å². The maximum absolute atomic E-state index is 5.49. The van der Waals surface area contributed by atoms with E-state index in [1.807, 2.05) is 0 Å². The Balaban J connectivity index is 1.27. The zero-order valence-corrected chi connectivity index (χ0v) is 13.1. The molecule has 0 aromatic heterocycles. The molecule has 0 radical (unpaired) electrons. The number of ether oxygens (including phenoxy) is 1. The van der Waals surface area contributed by atoms with E-state index >= 15 is 0 Å². The van der Waals surface area contributed by atoms with Gasteiger partial charge in [-0.15, -0.1) is 0 Å². The minimum absolute atomic E-state index is 0.693. The van der Waals surface area contributed by atoms with Gasteiger partial charge in [0, 0.05) is 6.04 Å². The molecule has 0 amide bonds. The minimum Gasteiger partial charge on any atom is -0.496 e. The predicted octanol–water partition coefficient (Wildman–Crippen LogP) is 3.97. The average Bonchev–Trinajstić information content (AvgIpc) is 3.35. The average molecular weight is 285 g/mol. The summed E-state index contributed by atoms with van der Waals surface area (Å²) in [6.07, 6.45) is 8.55. The predicted molar refractivity (Wildman–Crippen MR) is 85.7 cm³/mol. The summed E-state index contributed by atoms with van der Waals surface area (Å²) in [6, 6.07) is 9.25. The van der Waals surface area contributed by atoms with Crippen LogP contribution in [-0.4, -0.2) is 19.7 Å². The van der Waals surface area contributed by atoms with Gasteiger partial charge in [0.1, 0.15) is 5.75 Å². The van der Waals surface area contributed by atoms with Crippen LogP contribution in [0.25, 0.3) is 0 Å². The minimum atomic E-state index is 0.693.